The zero-order valence-corrected chi connectivity index (χ0v) is 8.28. The van der Waals surface area contributed by atoms with Crippen LogP contribution in [0.15, 0.2) is 18.2 Å². The number of nitrogens with two attached hydrogens (primary N) is 1. The fourth-order valence-electron chi connectivity index (χ4n) is 1.18. The standard InChI is InChI=1S/C10H12N2O3/c1-6(14)12-9-3-7(10(15)5-13)2-8(11)4-9/h2-4,13H,5,11H2,1H3,(H,12,14). The van der Waals surface area contributed by atoms with E-state index in [2.05, 4.69) is 5.32 Å². The number of hydrogen-bond acceptors (Lipinski definition) is 4. The van der Waals surface area contributed by atoms with Gasteiger partial charge in [-0.2, -0.15) is 0 Å². The van der Waals surface area contributed by atoms with Crippen molar-refractivity contribution in [2.75, 3.05) is 17.7 Å². The summed E-state index contributed by atoms with van der Waals surface area (Å²) in [5.74, 6) is -0.683. The van der Waals surface area contributed by atoms with Gasteiger partial charge in [0.05, 0.1) is 0 Å². The van der Waals surface area contributed by atoms with Crippen LogP contribution < -0.4 is 11.1 Å². The number of aliphatic hydroxyl groups excluding tert-OH is 1. The summed E-state index contributed by atoms with van der Waals surface area (Å²) in [7, 11) is 0. The maximum absolute atomic E-state index is 11.2. The van der Waals surface area contributed by atoms with E-state index in [-0.39, 0.29) is 11.5 Å². The van der Waals surface area contributed by atoms with Crippen LogP contribution in [-0.4, -0.2) is 23.4 Å². The van der Waals surface area contributed by atoms with Crippen molar-refractivity contribution in [3.8, 4) is 0 Å². The molecule has 5 nitrogen and oxygen atoms in total. The number of Topliss-reactive ketones (excluding diaryl/α,β-unsaturated/α-hetero) is 1. The highest BCUT2D eigenvalue weighted by molar-refractivity contribution is 6.00. The third-order valence-electron chi connectivity index (χ3n) is 1.74. The summed E-state index contributed by atoms with van der Waals surface area (Å²) >= 11 is 0. The van der Waals surface area contributed by atoms with E-state index in [1.807, 2.05) is 0 Å². The topological polar surface area (TPSA) is 92.4 Å². The molecule has 0 fully saturated rings. The lowest BCUT2D eigenvalue weighted by molar-refractivity contribution is -0.114. The number of ketones is 1. The van der Waals surface area contributed by atoms with Gasteiger partial charge in [-0.05, 0) is 18.2 Å². The van der Waals surface area contributed by atoms with Gasteiger partial charge in [0.2, 0.25) is 5.91 Å². The van der Waals surface area contributed by atoms with Gasteiger partial charge in [0.1, 0.15) is 6.61 Å². The fourth-order valence-corrected chi connectivity index (χ4v) is 1.18. The Bertz CT molecular complexity index is 402. The molecule has 0 saturated carbocycles. The van der Waals surface area contributed by atoms with Crippen LogP contribution in [0, 0.1) is 0 Å². The predicted molar refractivity (Wildman–Crippen MR) is 56.6 cm³/mol. The van der Waals surface area contributed by atoms with Crippen LogP contribution in [0.5, 0.6) is 0 Å². The largest absolute Gasteiger partial charge is 0.399 e. The van der Waals surface area contributed by atoms with Crippen molar-refractivity contribution in [1.82, 2.24) is 0 Å². The van der Waals surface area contributed by atoms with E-state index in [9.17, 15) is 9.59 Å². The van der Waals surface area contributed by atoms with Gasteiger partial charge in [0, 0.05) is 23.9 Å². The minimum atomic E-state index is -0.580. The van der Waals surface area contributed by atoms with Crippen LogP contribution >= 0.6 is 0 Å². The second kappa shape index (κ2) is 4.56. The third kappa shape index (κ3) is 3.07. The van der Waals surface area contributed by atoms with Crippen molar-refractivity contribution in [1.29, 1.82) is 0 Å². The van der Waals surface area contributed by atoms with Crippen molar-refractivity contribution in [2.45, 2.75) is 6.92 Å². The fraction of sp³-hybridized carbons (Fsp3) is 0.200. The number of carbonyl (C=O) groups is 2. The smallest absolute Gasteiger partial charge is 0.221 e. The normalized spacial score (nSPS) is 9.73. The number of anilines is 2. The Balaban J connectivity index is 3.04. The number of benzene rings is 1. The zero-order chi connectivity index (χ0) is 11.4. The first-order chi connectivity index (χ1) is 7.02. The summed E-state index contributed by atoms with van der Waals surface area (Å²) < 4.78 is 0. The summed E-state index contributed by atoms with van der Waals surface area (Å²) in [5.41, 5.74) is 6.62. The lowest BCUT2D eigenvalue weighted by Crippen LogP contribution is -2.09. The Kier molecular flexibility index (Phi) is 3.41. The second-order valence-electron chi connectivity index (χ2n) is 3.11. The summed E-state index contributed by atoms with van der Waals surface area (Å²) in [4.78, 5) is 22.0. The monoisotopic (exact) mass is 208 g/mol. The Morgan fingerprint density at radius 3 is 2.60 bits per heavy atom. The number of nitrogen functional groups attached to an aromatic ring is 1. The number of rotatable bonds is 3. The van der Waals surface area contributed by atoms with Gasteiger partial charge in [-0.25, -0.2) is 0 Å². The SMILES string of the molecule is CC(=O)Nc1cc(N)cc(C(=O)CO)c1. The Morgan fingerprint density at radius 2 is 2.07 bits per heavy atom. The average Bonchev–Trinajstić information content (AvgIpc) is 2.14. The molecule has 0 heterocycles. The van der Waals surface area contributed by atoms with E-state index >= 15 is 0 Å². The molecule has 0 spiro atoms. The molecule has 0 saturated heterocycles. The minimum absolute atomic E-state index is 0.247. The van der Waals surface area contributed by atoms with Gasteiger partial charge in [0.15, 0.2) is 5.78 Å². The van der Waals surface area contributed by atoms with Crippen LogP contribution in [0.25, 0.3) is 0 Å². The first kappa shape index (κ1) is 11.2. The summed E-state index contributed by atoms with van der Waals surface area (Å²) in [6, 6.07) is 4.45. The molecule has 4 N–H and O–H groups in total. The Labute approximate surface area is 86.9 Å². The van der Waals surface area contributed by atoms with Crippen molar-refractivity contribution >= 4 is 23.1 Å². The van der Waals surface area contributed by atoms with Gasteiger partial charge in [-0.3, -0.25) is 9.59 Å². The molecule has 0 radical (unpaired) electrons. The molecule has 1 aromatic rings. The molecule has 0 aliphatic heterocycles. The molecule has 1 aromatic carbocycles. The molecule has 1 amide bonds. The maximum atomic E-state index is 11.2. The van der Waals surface area contributed by atoms with Gasteiger partial charge >= 0.3 is 0 Å². The first-order valence-electron chi connectivity index (χ1n) is 4.35. The lowest BCUT2D eigenvalue weighted by atomic mass is 10.1. The van der Waals surface area contributed by atoms with Crippen molar-refractivity contribution in [2.24, 2.45) is 0 Å². The molecular formula is C10H12N2O3. The van der Waals surface area contributed by atoms with Gasteiger partial charge in [-0.15, -0.1) is 0 Å². The quantitative estimate of drug-likeness (QED) is 0.495. The van der Waals surface area contributed by atoms with Gasteiger partial charge in [0.25, 0.3) is 0 Å². The van der Waals surface area contributed by atoms with Crippen molar-refractivity contribution in [3.05, 3.63) is 23.8 Å². The highest BCUT2D eigenvalue weighted by Crippen LogP contribution is 2.16. The van der Waals surface area contributed by atoms with E-state index in [1.54, 1.807) is 0 Å². The van der Waals surface area contributed by atoms with E-state index in [4.69, 9.17) is 10.8 Å². The summed E-state index contributed by atoms with van der Waals surface area (Å²) in [6.45, 7) is 0.777. The van der Waals surface area contributed by atoms with Gasteiger partial charge < -0.3 is 16.2 Å². The molecule has 0 aliphatic rings. The van der Waals surface area contributed by atoms with Crippen LogP contribution in [0.4, 0.5) is 11.4 Å². The van der Waals surface area contributed by atoms with Crippen LogP contribution in [0.1, 0.15) is 17.3 Å². The predicted octanol–water partition coefficient (Wildman–Crippen LogP) is 0.402. The molecule has 1 rings (SSSR count). The summed E-state index contributed by atoms with van der Waals surface area (Å²) in [5, 5.41) is 11.2. The van der Waals surface area contributed by atoms with E-state index in [0.29, 0.717) is 11.4 Å². The highest BCUT2D eigenvalue weighted by Gasteiger charge is 2.07. The van der Waals surface area contributed by atoms with E-state index in [0.717, 1.165) is 0 Å². The molecule has 80 valence electrons. The van der Waals surface area contributed by atoms with E-state index in [1.165, 1.54) is 25.1 Å². The molecule has 0 bridgehead atoms. The highest BCUT2D eigenvalue weighted by atomic mass is 16.3. The van der Waals surface area contributed by atoms with Crippen molar-refractivity contribution < 1.29 is 14.7 Å². The van der Waals surface area contributed by atoms with Crippen LogP contribution in [-0.2, 0) is 4.79 Å². The number of hydrogen-bond donors (Lipinski definition) is 3. The summed E-state index contributed by atoms with van der Waals surface area (Å²) in [6.07, 6.45) is 0. The zero-order valence-electron chi connectivity index (χ0n) is 8.28. The number of aliphatic hydroxyl groups is 1. The maximum Gasteiger partial charge on any atom is 0.221 e. The molecule has 0 aromatic heterocycles. The first-order valence-corrected chi connectivity index (χ1v) is 4.35. The van der Waals surface area contributed by atoms with Gasteiger partial charge in [-0.1, -0.05) is 0 Å². The molecule has 5 heteroatoms. The second-order valence-corrected chi connectivity index (χ2v) is 3.11. The lowest BCUT2D eigenvalue weighted by Gasteiger charge is -2.06. The number of amides is 1. The van der Waals surface area contributed by atoms with Crippen LogP contribution in [0.3, 0.4) is 0 Å². The Morgan fingerprint density at radius 1 is 1.40 bits per heavy atom. The van der Waals surface area contributed by atoms with Crippen LogP contribution in [0.2, 0.25) is 0 Å². The molecule has 0 atom stereocenters. The molecule has 0 aliphatic carbocycles. The molecule has 0 unspecified atom stereocenters. The molecule has 15 heavy (non-hydrogen) atoms. The number of nitrogens with one attached hydrogen (secondary N) is 1. The minimum Gasteiger partial charge on any atom is -0.399 e. The average molecular weight is 208 g/mol. The van der Waals surface area contributed by atoms with Crippen molar-refractivity contribution in [3.63, 3.8) is 0 Å². The third-order valence-corrected chi connectivity index (χ3v) is 1.74. The Hall–Kier alpha value is -1.88. The molecular weight excluding hydrogens is 196 g/mol. The van der Waals surface area contributed by atoms with E-state index < -0.39 is 12.4 Å². The number of carbonyl (C=O) groups excluding carboxylic acids is 2.